The second kappa shape index (κ2) is 7.27. The average molecular weight is 377 g/mol. The summed E-state index contributed by atoms with van der Waals surface area (Å²) in [7, 11) is 0. The molecule has 0 bridgehead atoms. The SMILES string of the molecule is Cc1ccc(/C=C/C(=O)O)cc1-c1ccc2c(c1)N(C(C)C)C(=O)CC2(C)C. The van der Waals surface area contributed by atoms with Gasteiger partial charge in [-0.1, -0.05) is 38.1 Å². The van der Waals surface area contributed by atoms with Crippen molar-refractivity contribution in [3.63, 3.8) is 0 Å². The van der Waals surface area contributed by atoms with E-state index < -0.39 is 5.97 Å². The Morgan fingerprint density at radius 2 is 1.89 bits per heavy atom. The van der Waals surface area contributed by atoms with E-state index in [1.54, 1.807) is 6.08 Å². The van der Waals surface area contributed by atoms with Crippen LogP contribution in [0.5, 0.6) is 0 Å². The van der Waals surface area contributed by atoms with Crippen LogP contribution < -0.4 is 4.90 Å². The maximum atomic E-state index is 12.8. The molecule has 1 aliphatic heterocycles. The van der Waals surface area contributed by atoms with Gasteiger partial charge in [-0.15, -0.1) is 0 Å². The van der Waals surface area contributed by atoms with Gasteiger partial charge in [-0.05, 0) is 66.8 Å². The minimum absolute atomic E-state index is 0.0866. The molecule has 2 aromatic rings. The summed E-state index contributed by atoms with van der Waals surface area (Å²) in [6.45, 7) is 10.3. The quantitative estimate of drug-likeness (QED) is 0.747. The summed E-state index contributed by atoms with van der Waals surface area (Å²) in [6.07, 6.45) is 3.24. The smallest absolute Gasteiger partial charge is 0.328 e. The molecule has 0 atom stereocenters. The fraction of sp³-hybridized carbons (Fsp3) is 0.333. The number of carboxylic acids is 1. The van der Waals surface area contributed by atoms with Gasteiger partial charge in [0.15, 0.2) is 0 Å². The molecular formula is C24H27NO3. The van der Waals surface area contributed by atoms with Crippen molar-refractivity contribution in [2.45, 2.75) is 52.5 Å². The number of hydrogen-bond acceptors (Lipinski definition) is 2. The zero-order valence-electron chi connectivity index (χ0n) is 17.1. The molecule has 0 saturated carbocycles. The Hall–Kier alpha value is -2.88. The first kappa shape index (κ1) is 19.9. The van der Waals surface area contributed by atoms with Crippen LogP contribution >= 0.6 is 0 Å². The molecule has 3 rings (SSSR count). The number of anilines is 1. The number of fused-ring (bicyclic) bond motifs is 1. The monoisotopic (exact) mass is 377 g/mol. The third-order valence-electron chi connectivity index (χ3n) is 5.36. The van der Waals surface area contributed by atoms with Crippen molar-refractivity contribution in [2.24, 2.45) is 0 Å². The van der Waals surface area contributed by atoms with Gasteiger partial charge in [-0.3, -0.25) is 4.79 Å². The topological polar surface area (TPSA) is 57.6 Å². The Kier molecular flexibility index (Phi) is 5.16. The number of carbonyl (C=O) groups excluding carboxylic acids is 1. The first-order valence-electron chi connectivity index (χ1n) is 9.59. The fourth-order valence-corrected chi connectivity index (χ4v) is 3.95. The Bertz CT molecular complexity index is 970. The van der Waals surface area contributed by atoms with Gasteiger partial charge in [-0.2, -0.15) is 0 Å². The van der Waals surface area contributed by atoms with Crippen molar-refractivity contribution in [2.75, 3.05) is 4.90 Å². The molecule has 0 saturated heterocycles. The van der Waals surface area contributed by atoms with Gasteiger partial charge < -0.3 is 10.0 Å². The van der Waals surface area contributed by atoms with Crippen LogP contribution in [0.1, 0.15) is 50.8 Å². The van der Waals surface area contributed by atoms with Crippen molar-refractivity contribution in [1.29, 1.82) is 0 Å². The number of benzene rings is 2. The Balaban J connectivity index is 2.14. The second-order valence-electron chi connectivity index (χ2n) is 8.40. The van der Waals surface area contributed by atoms with E-state index in [4.69, 9.17) is 5.11 Å². The summed E-state index contributed by atoms with van der Waals surface area (Å²) in [5.41, 5.74) is 5.96. The number of hydrogen-bond donors (Lipinski definition) is 1. The predicted octanol–water partition coefficient (Wildman–Crippen LogP) is 5.18. The first-order chi connectivity index (χ1) is 13.1. The Labute approximate surface area is 166 Å². The number of aryl methyl sites for hydroxylation is 1. The summed E-state index contributed by atoms with van der Waals surface area (Å²) in [5.74, 6) is -0.816. The molecule has 0 spiro atoms. The van der Waals surface area contributed by atoms with E-state index in [1.165, 1.54) is 5.56 Å². The van der Waals surface area contributed by atoms with Crippen molar-refractivity contribution in [3.8, 4) is 11.1 Å². The highest BCUT2D eigenvalue weighted by atomic mass is 16.4. The molecule has 2 aromatic carbocycles. The zero-order chi connectivity index (χ0) is 20.6. The van der Waals surface area contributed by atoms with E-state index in [0.29, 0.717) is 6.42 Å². The number of aliphatic carboxylic acids is 1. The molecule has 146 valence electrons. The molecule has 1 aliphatic rings. The number of nitrogens with zero attached hydrogens (tertiary/aromatic N) is 1. The van der Waals surface area contributed by atoms with Gasteiger partial charge in [0.2, 0.25) is 5.91 Å². The minimum Gasteiger partial charge on any atom is -0.478 e. The summed E-state index contributed by atoms with van der Waals surface area (Å²) in [4.78, 5) is 25.5. The summed E-state index contributed by atoms with van der Waals surface area (Å²) in [6, 6.07) is 12.3. The van der Waals surface area contributed by atoms with E-state index in [-0.39, 0.29) is 17.4 Å². The standard InChI is InChI=1S/C24H27NO3/c1-15(2)25-21-13-18(9-10-20(21)24(4,5)14-22(25)26)19-12-17(7-6-16(19)3)8-11-23(27)28/h6-13,15H,14H2,1-5H3,(H,27,28)/b11-8+. The third kappa shape index (κ3) is 3.72. The summed E-state index contributed by atoms with van der Waals surface area (Å²) < 4.78 is 0. The molecule has 28 heavy (non-hydrogen) atoms. The lowest BCUT2D eigenvalue weighted by atomic mass is 9.76. The van der Waals surface area contributed by atoms with E-state index in [0.717, 1.165) is 34.0 Å². The van der Waals surface area contributed by atoms with Crippen LogP contribution in [0.4, 0.5) is 5.69 Å². The molecule has 4 nitrogen and oxygen atoms in total. The van der Waals surface area contributed by atoms with E-state index in [9.17, 15) is 9.59 Å². The highest BCUT2D eigenvalue weighted by Crippen LogP contribution is 2.43. The zero-order valence-corrected chi connectivity index (χ0v) is 17.1. The second-order valence-corrected chi connectivity index (χ2v) is 8.40. The molecule has 0 fully saturated rings. The number of rotatable bonds is 4. The van der Waals surface area contributed by atoms with Crippen LogP contribution in [0.3, 0.4) is 0 Å². The maximum Gasteiger partial charge on any atom is 0.328 e. The lowest BCUT2D eigenvalue weighted by Gasteiger charge is -2.41. The predicted molar refractivity (Wildman–Crippen MR) is 114 cm³/mol. The Morgan fingerprint density at radius 1 is 1.18 bits per heavy atom. The van der Waals surface area contributed by atoms with Gasteiger partial charge in [-0.25, -0.2) is 4.79 Å². The van der Waals surface area contributed by atoms with E-state index in [1.807, 2.05) is 43.9 Å². The van der Waals surface area contributed by atoms with Gasteiger partial charge in [0.25, 0.3) is 0 Å². The molecule has 1 amide bonds. The lowest BCUT2D eigenvalue weighted by molar-refractivity contribution is -0.131. The van der Waals surface area contributed by atoms with Gasteiger partial charge in [0.1, 0.15) is 0 Å². The maximum absolute atomic E-state index is 12.8. The highest BCUT2D eigenvalue weighted by molar-refractivity contribution is 5.99. The fourth-order valence-electron chi connectivity index (χ4n) is 3.95. The van der Waals surface area contributed by atoms with Crippen LogP contribution in [0.2, 0.25) is 0 Å². The van der Waals surface area contributed by atoms with Crippen molar-refractivity contribution in [1.82, 2.24) is 0 Å². The molecule has 0 aliphatic carbocycles. The first-order valence-corrected chi connectivity index (χ1v) is 9.59. The molecule has 0 radical (unpaired) electrons. The van der Waals surface area contributed by atoms with Gasteiger partial charge >= 0.3 is 5.97 Å². The molecule has 0 aromatic heterocycles. The average Bonchev–Trinajstić information content (AvgIpc) is 2.59. The number of carbonyl (C=O) groups is 2. The van der Waals surface area contributed by atoms with Crippen molar-refractivity contribution in [3.05, 3.63) is 59.2 Å². The molecule has 1 heterocycles. The van der Waals surface area contributed by atoms with E-state index >= 15 is 0 Å². The van der Waals surface area contributed by atoms with Crippen LogP contribution in [0.25, 0.3) is 17.2 Å². The van der Waals surface area contributed by atoms with Gasteiger partial charge in [0.05, 0.1) is 0 Å². The normalized spacial score (nSPS) is 15.9. The third-order valence-corrected chi connectivity index (χ3v) is 5.36. The van der Waals surface area contributed by atoms with Crippen LogP contribution in [0.15, 0.2) is 42.5 Å². The summed E-state index contributed by atoms with van der Waals surface area (Å²) >= 11 is 0. The van der Waals surface area contributed by atoms with E-state index in [2.05, 4.69) is 32.0 Å². The highest BCUT2D eigenvalue weighted by Gasteiger charge is 2.37. The van der Waals surface area contributed by atoms with Crippen molar-refractivity contribution >= 4 is 23.6 Å². The molecular weight excluding hydrogens is 350 g/mol. The van der Waals surface area contributed by atoms with Crippen molar-refractivity contribution < 1.29 is 14.7 Å². The largest absolute Gasteiger partial charge is 0.478 e. The van der Waals surface area contributed by atoms with Gasteiger partial charge in [0, 0.05) is 29.6 Å². The number of amides is 1. The lowest BCUT2D eigenvalue weighted by Crippen LogP contribution is -2.45. The molecule has 0 unspecified atom stereocenters. The molecule has 4 heteroatoms. The Morgan fingerprint density at radius 3 is 2.54 bits per heavy atom. The molecule has 1 N–H and O–H groups in total. The minimum atomic E-state index is -0.968. The van der Waals surface area contributed by atoms with Crippen LogP contribution in [0, 0.1) is 6.92 Å². The number of carboxylic acid groups (broad SMARTS) is 1. The summed E-state index contributed by atoms with van der Waals surface area (Å²) in [5, 5.41) is 8.88. The van der Waals surface area contributed by atoms with Crippen LogP contribution in [-0.2, 0) is 15.0 Å². The van der Waals surface area contributed by atoms with Crippen LogP contribution in [-0.4, -0.2) is 23.0 Å².